The van der Waals surface area contributed by atoms with Gasteiger partial charge in [-0.1, -0.05) is 6.92 Å². The van der Waals surface area contributed by atoms with Crippen molar-refractivity contribution in [1.82, 2.24) is 10.0 Å². The van der Waals surface area contributed by atoms with Crippen LogP contribution in [0.15, 0.2) is 0 Å². The van der Waals surface area contributed by atoms with Crippen molar-refractivity contribution < 1.29 is 8.42 Å². The van der Waals surface area contributed by atoms with Gasteiger partial charge in [-0.15, -0.1) is 0 Å². The summed E-state index contributed by atoms with van der Waals surface area (Å²) in [6.45, 7) is 5.23. The Bertz CT molecular complexity index is 287. The summed E-state index contributed by atoms with van der Waals surface area (Å²) in [5, 5.41) is 2.78. The molecule has 0 radical (unpaired) electrons. The summed E-state index contributed by atoms with van der Waals surface area (Å²) in [6.07, 6.45) is 1.98. The van der Waals surface area contributed by atoms with Crippen LogP contribution >= 0.6 is 11.8 Å². The van der Waals surface area contributed by atoms with Crippen molar-refractivity contribution in [3.63, 3.8) is 0 Å². The minimum atomic E-state index is -3.15. The molecule has 6 heteroatoms. The van der Waals surface area contributed by atoms with Gasteiger partial charge in [0, 0.05) is 18.3 Å². The molecule has 0 bridgehead atoms. The van der Waals surface area contributed by atoms with Crippen molar-refractivity contribution >= 4 is 21.8 Å². The van der Waals surface area contributed by atoms with Crippen LogP contribution in [0.25, 0.3) is 0 Å². The second kappa shape index (κ2) is 6.83. The van der Waals surface area contributed by atoms with Crippen molar-refractivity contribution in [3.8, 4) is 0 Å². The lowest BCUT2D eigenvalue weighted by molar-refractivity contribution is 0.542. The molecule has 1 fully saturated rings. The van der Waals surface area contributed by atoms with Crippen LogP contribution in [0.5, 0.6) is 0 Å². The predicted octanol–water partition coefficient (Wildman–Crippen LogP) is 0.799. The lowest BCUT2D eigenvalue weighted by atomic mass is 10.3. The Hall–Kier alpha value is 0.220. The van der Waals surface area contributed by atoms with Gasteiger partial charge >= 0.3 is 0 Å². The topological polar surface area (TPSA) is 58.2 Å². The highest BCUT2D eigenvalue weighted by atomic mass is 32.2. The monoisotopic (exact) mass is 266 g/mol. The second-order valence-corrected chi connectivity index (χ2v) is 7.52. The molecule has 96 valence electrons. The molecule has 1 aliphatic rings. The number of rotatable bonds is 7. The normalized spacial score (nSPS) is 23.5. The zero-order valence-electron chi connectivity index (χ0n) is 10.0. The maximum Gasteiger partial charge on any atom is 0.215 e. The first kappa shape index (κ1) is 14.3. The average Bonchev–Trinajstić information content (AvgIpc) is 2.70. The van der Waals surface area contributed by atoms with Gasteiger partial charge in [0.25, 0.3) is 0 Å². The Morgan fingerprint density at radius 3 is 2.81 bits per heavy atom. The smallest absolute Gasteiger partial charge is 0.215 e. The fourth-order valence-corrected chi connectivity index (χ4v) is 4.06. The Morgan fingerprint density at radius 1 is 1.50 bits per heavy atom. The molecule has 4 nitrogen and oxygen atoms in total. The predicted molar refractivity (Wildman–Crippen MR) is 70.4 cm³/mol. The lowest BCUT2D eigenvalue weighted by Crippen LogP contribution is -2.43. The van der Waals surface area contributed by atoms with Gasteiger partial charge in [0.15, 0.2) is 0 Å². The molecule has 0 aromatic rings. The maximum absolute atomic E-state index is 11.9. The fraction of sp³-hybridized carbons (Fsp3) is 1.00. The Balaban J connectivity index is 2.36. The third-order valence-electron chi connectivity index (χ3n) is 2.65. The summed E-state index contributed by atoms with van der Waals surface area (Å²) >= 11 is 1.81. The summed E-state index contributed by atoms with van der Waals surface area (Å²) in [6, 6.07) is 0.142. The molecule has 16 heavy (non-hydrogen) atoms. The number of hydrogen-bond donors (Lipinski definition) is 2. The zero-order valence-corrected chi connectivity index (χ0v) is 11.7. The van der Waals surface area contributed by atoms with Gasteiger partial charge in [-0.2, -0.15) is 11.8 Å². The molecule has 0 aliphatic carbocycles. The summed E-state index contributed by atoms with van der Waals surface area (Å²) < 4.78 is 26.6. The first-order valence-corrected chi connectivity index (χ1v) is 8.56. The summed E-state index contributed by atoms with van der Waals surface area (Å²) in [7, 11) is -3.15. The van der Waals surface area contributed by atoms with E-state index in [1.54, 1.807) is 6.92 Å². The van der Waals surface area contributed by atoms with Gasteiger partial charge in [0.2, 0.25) is 10.0 Å². The van der Waals surface area contributed by atoms with Crippen LogP contribution in [0.1, 0.15) is 26.7 Å². The molecule has 1 rings (SSSR count). The molecule has 1 heterocycles. The van der Waals surface area contributed by atoms with E-state index in [2.05, 4.69) is 17.0 Å². The number of hydrogen-bond acceptors (Lipinski definition) is 4. The summed E-state index contributed by atoms with van der Waals surface area (Å²) in [4.78, 5) is 0. The molecule has 0 spiro atoms. The van der Waals surface area contributed by atoms with Crippen LogP contribution in [-0.2, 0) is 10.0 Å². The van der Waals surface area contributed by atoms with Crippen molar-refractivity contribution in [1.29, 1.82) is 0 Å². The molecule has 0 aromatic heterocycles. The number of sulfonamides is 1. The van der Waals surface area contributed by atoms with E-state index < -0.39 is 10.0 Å². The van der Waals surface area contributed by atoms with Crippen LogP contribution in [-0.4, -0.2) is 44.3 Å². The largest absolute Gasteiger partial charge is 0.315 e. The number of nitrogens with one attached hydrogen (secondary N) is 2. The highest BCUT2D eigenvalue weighted by molar-refractivity contribution is 7.99. The zero-order chi connectivity index (χ0) is 12.0. The standard InChI is InChI=1S/C10H22N2O2S2/c1-3-5-11-7-9(2)16(13,14)12-10-4-6-15-8-10/h9-12H,3-8H2,1-2H3. The first-order chi connectivity index (χ1) is 7.56. The van der Waals surface area contributed by atoms with E-state index >= 15 is 0 Å². The van der Waals surface area contributed by atoms with E-state index in [0.717, 1.165) is 30.9 Å². The van der Waals surface area contributed by atoms with Gasteiger partial charge in [-0.25, -0.2) is 13.1 Å². The molecule has 2 atom stereocenters. The van der Waals surface area contributed by atoms with Crippen LogP contribution in [0, 0.1) is 0 Å². The number of thioether (sulfide) groups is 1. The Labute approximate surface area is 103 Å². The molecular formula is C10H22N2O2S2. The van der Waals surface area contributed by atoms with E-state index in [-0.39, 0.29) is 11.3 Å². The van der Waals surface area contributed by atoms with Crippen molar-refractivity contribution in [2.75, 3.05) is 24.6 Å². The third-order valence-corrected chi connectivity index (χ3v) is 5.70. The quantitative estimate of drug-likeness (QED) is 0.669. The highest BCUT2D eigenvalue weighted by Gasteiger charge is 2.26. The first-order valence-electron chi connectivity index (χ1n) is 5.86. The van der Waals surface area contributed by atoms with E-state index in [1.807, 2.05) is 11.8 Å². The van der Waals surface area contributed by atoms with E-state index in [0.29, 0.717) is 6.54 Å². The van der Waals surface area contributed by atoms with Crippen molar-refractivity contribution in [3.05, 3.63) is 0 Å². The van der Waals surface area contributed by atoms with E-state index in [4.69, 9.17) is 0 Å². The van der Waals surface area contributed by atoms with Crippen LogP contribution < -0.4 is 10.0 Å². The van der Waals surface area contributed by atoms with Crippen molar-refractivity contribution in [2.45, 2.75) is 38.0 Å². The molecule has 0 saturated carbocycles. The van der Waals surface area contributed by atoms with Gasteiger partial charge in [0.05, 0.1) is 5.25 Å². The van der Waals surface area contributed by atoms with Crippen LogP contribution in [0.3, 0.4) is 0 Å². The van der Waals surface area contributed by atoms with E-state index in [9.17, 15) is 8.42 Å². The average molecular weight is 266 g/mol. The third kappa shape index (κ3) is 4.61. The molecule has 1 saturated heterocycles. The van der Waals surface area contributed by atoms with Crippen LogP contribution in [0.4, 0.5) is 0 Å². The lowest BCUT2D eigenvalue weighted by Gasteiger charge is -2.17. The minimum Gasteiger partial charge on any atom is -0.315 e. The van der Waals surface area contributed by atoms with E-state index in [1.165, 1.54) is 0 Å². The fourth-order valence-electron chi connectivity index (χ4n) is 1.57. The molecule has 0 amide bonds. The second-order valence-electron chi connectivity index (χ2n) is 4.24. The van der Waals surface area contributed by atoms with Gasteiger partial charge < -0.3 is 5.32 Å². The Morgan fingerprint density at radius 2 is 2.25 bits per heavy atom. The molecule has 1 aliphatic heterocycles. The molecule has 2 N–H and O–H groups in total. The minimum absolute atomic E-state index is 0.142. The maximum atomic E-state index is 11.9. The summed E-state index contributed by atoms with van der Waals surface area (Å²) in [5.74, 6) is 1.98. The molecule has 2 unspecified atom stereocenters. The SMILES string of the molecule is CCCNCC(C)S(=O)(=O)NC1CCSC1. The summed E-state index contributed by atoms with van der Waals surface area (Å²) in [5.41, 5.74) is 0. The highest BCUT2D eigenvalue weighted by Crippen LogP contribution is 2.18. The van der Waals surface area contributed by atoms with Gasteiger partial charge in [-0.3, -0.25) is 0 Å². The molecule has 0 aromatic carbocycles. The van der Waals surface area contributed by atoms with Gasteiger partial charge in [-0.05, 0) is 32.1 Å². The van der Waals surface area contributed by atoms with Gasteiger partial charge in [0.1, 0.15) is 0 Å². The van der Waals surface area contributed by atoms with Crippen LogP contribution in [0.2, 0.25) is 0 Å². The van der Waals surface area contributed by atoms with Crippen molar-refractivity contribution in [2.24, 2.45) is 0 Å². The Kier molecular flexibility index (Phi) is 6.10. The molecular weight excluding hydrogens is 244 g/mol.